The normalized spacial score (nSPS) is 4.50. The Balaban J connectivity index is 0. The number of rotatable bonds is 0. The average Bonchev–Trinajstić information content (AvgIpc) is 0.918. The van der Waals surface area contributed by atoms with E-state index >= 15 is 0 Å². The van der Waals surface area contributed by atoms with Crippen LogP contribution in [0.4, 0.5) is 0 Å². The minimum atomic E-state index is -0.250. The topological polar surface area (TPSA) is 40.5 Å². The van der Waals surface area contributed by atoms with Gasteiger partial charge in [0.05, 0.1) is 0 Å². The molecule has 4 heavy (non-hydrogen) atoms. The van der Waals surface area contributed by atoms with Gasteiger partial charge < -0.3 is 9.11 Å². The van der Waals surface area contributed by atoms with Crippen LogP contribution in [-0.4, -0.2) is 9.11 Å². The van der Waals surface area contributed by atoms with E-state index in [0.29, 0.717) is 0 Å². The van der Waals surface area contributed by atoms with Crippen molar-refractivity contribution in [3.8, 4) is 0 Å². The van der Waals surface area contributed by atoms with Crippen molar-refractivity contribution in [1.82, 2.24) is 0 Å². The molecule has 0 aromatic rings. The summed E-state index contributed by atoms with van der Waals surface area (Å²) in [5.41, 5.74) is 0. The first kappa shape index (κ1) is 8.89. The molecular weight excluding hydrogens is 172 g/mol. The van der Waals surface area contributed by atoms with E-state index in [9.17, 15) is 0 Å². The van der Waals surface area contributed by atoms with E-state index in [0.717, 1.165) is 0 Å². The molecule has 0 bridgehead atoms. The minimum Gasteiger partial charge on any atom is -0.307 e. The van der Waals surface area contributed by atoms with E-state index in [1.165, 1.54) is 0 Å². The molecule has 0 fully saturated rings. The zero-order chi connectivity index (χ0) is 2.71. The van der Waals surface area contributed by atoms with Crippen molar-refractivity contribution >= 4 is 12.3 Å². The van der Waals surface area contributed by atoms with E-state index in [2.05, 4.69) is 0 Å². The van der Waals surface area contributed by atoms with Crippen LogP contribution in [0.25, 0.3) is 0 Å². The van der Waals surface area contributed by atoms with Gasteiger partial charge in [0.2, 0.25) is 0 Å². The fourth-order valence-corrected chi connectivity index (χ4v) is 0. The predicted molar refractivity (Wildman–Crippen MR) is 12.8 cm³/mol. The first-order valence-corrected chi connectivity index (χ1v) is 1.10. The van der Waals surface area contributed by atoms with Crippen LogP contribution in [0.1, 0.15) is 0 Å². The molecule has 0 rings (SSSR count). The molecule has 4 heteroatoms. The summed E-state index contributed by atoms with van der Waals surface area (Å²) in [5, 5.41) is 0. The monoisotopic (exact) mass is 173 g/mol. The standard InChI is InChI=1S/Ag.H2O2S/c;1-3-2/h;1-2H. The third-order valence-corrected chi connectivity index (χ3v) is 0. The average molecular weight is 174 g/mol. The van der Waals surface area contributed by atoms with Crippen molar-refractivity contribution in [3.63, 3.8) is 0 Å². The molecule has 0 aromatic heterocycles. The van der Waals surface area contributed by atoms with Gasteiger partial charge in [-0.05, 0) is 0 Å². The van der Waals surface area contributed by atoms with E-state index < -0.39 is 0 Å². The molecule has 0 aliphatic rings. The molecular formula is H2AgO2S. The van der Waals surface area contributed by atoms with E-state index in [-0.39, 0.29) is 34.7 Å². The Morgan fingerprint density at radius 1 is 1.25 bits per heavy atom. The molecule has 0 aliphatic carbocycles. The Morgan fingerprint density at radius 2 is 1.25 bits per heavy atom. The summed E-state index contributed by atoms with van der Waals surface area (Å²) in [6, 6.07) is 0. The zero-order valence-corrected chi connectivity index (χ0v) is 3.90. The van der Waals surface area contributed by atoms with Gasteiger partial charge in [-0.1, -0.05) is 0 Å². The molecule has 1 radical (unpaired) electrons. The van der Waals surface area contributed by atoms with Crippen LogP contribution in [0.2, 0.25) is 0 Å². The maximum absolute atomic E-state index is 7.04. The fraction of sp³-hybridized carbons (Fsp3) is 0. The Labute approximate surface area is 44.1 Å². The van der Waals surface area contributed by atoms with Gasteiger partial charge in [0.15, 0.2) is 12.3 Å². The molecule has 0 atom stereocenters. The van der Waals surface area contributed by atoms with Crippen molar-refractivity contribution in [2.75, 3.05) is 0 Å². The van der Waals surface area contributed by atoms with Crippen molar-refractivity contribution in [3.05, 3.63) is 0 Å². The molecule has 0 saturated heterocycles. The molecule has 0 saturated carbocycles. The molecule has 31 valence electrons. The van der Waals surface area contributed by atoms with Crippen LogP contribution in [0.5, 0.6) is 0 Å². The Bertz CT molecular complexity index is 6.00. The SMILES string of the molecule is OSO.[Ag]. The Hall–Kier alpha value is 1.01. The fourth-order valence-electron chi connectivity index (χ4n) is 0. The van der Waals surface area contributed by atoms with Crippen LogP contribution in [-0.2, 0) is 22.4 Å². The van der Waals surface area contributed by atoms with Gasteiger partial charge >= 0.3 is 0 Å². The van der Waals surface area contributed by atoms with Crippen LogP contribution in [0.3, 0.4) is 0 Å². The van der Waals surface area contributed by atoms with E-state index in [4.69, 9.17) is 9.11 Å². The van der Waals surface area contributed by atoms with Crippen molar-refractivity contribution < 1.29 is 31.5 Å². The number of hydrogen-bond acceptors (Lipinski definition) is 3. The summed E-state index contributed by atoms with van der Waals surface area (Å²) >= 11 is -0.250. The molecule has 2 nitrogen and oxygen atoms in total. The van der Waals surface area contributed by atoms with Gasteiger partial charge in [-0.25, -0.2) is 0 Å². The molecule has 0 aliphatic heterocycles. The quantitative estimate of drug-likeness (QED) is 0.418. The summed E-state index contributed by atoms with van der Waals surface area (Å²) in [7, 11) is 0. The maximum Gasteiger partial charge on any atom is 0.152 e. The van der Waals surface area contributed by atoms with Gasteiger partial charge in [-0.2, -0.15) is 0 Å². The van der Waals surface area contributed by atoms with Crippen molar-refractivity contribution in [2.24, 2.45) is 0 Å². The first-order chi connectivity index (χ1) is 1.41. The van der Waals surface area contributed by atoms with Crippen LogP contribution >= 0.6 is 12.3 Å². The van der Waals surface area contributed by atoms with Crippen molar-refractivity contribution in [1.29, 1.82) is 0 Å². The second kappa shape index (κ2) is 8.99. The smallest absolute Gasteiger partial charge is 0.152 e. The van der Waals surface area contributed by atoms with Crippen molar-refractivity contribution in [2.45, 2.75) is 0 Å². The molecule has 0 spiro atoms. The third kappa shape index (κ3) is 11.9. The second-order valence-corrected chi connectivity index (χ2v) is 0.245. The number of hydrogen-bond donors (Lipinski definition) is 2. The Kier molecular flexibility index (Phi) is 20.0. The van der Waals surface area contributed by atoms with Crippen LogP contribution in [0, 0.1) is 0 Å². The van der Waals surface area contributed by atoms with E-state index in [1.807, 2.05) is 0 Å². The third-order valence-electron chi connectivity index (χ3n) is 0. The van der Waals surface area contributed by atoms with Gasteiger partial charge in [0.25, 0.3) is 0 Å². The van der Waals surface area contributed by atoms with Gasteiger partial charge in [0.1, 0.15) is 0 Å². The summed E-state index contributed by atoms with van der Waals surface area (Å²) in [6.07, 6.45) is 0. The predicted octanol–water partition coefficient (Wildman–Crippen LogP) is 0.663. The van der Waals surface area contributed by atoms with Gasteiger partial charge in [0, 0.05) is 22.4 Å². The molecule has 0 aromatic carbocycles. The first-order valence-electron chi connectivity index (χ1n) is 0.365. The molecule has 0 unspecified atom stereocenters. The Morgan fingerprint density at radius 3 is 1.25 bits per heavy atom. The molecule has 0 amide bonds. The summed E-state index contributed by atoms with van der Waals surface area (Å²) in [6.45, 7) is 0. The summed E-state index contributed by atoms with van der Waals surface area (Å²) in [4.78, 5) is 0. The molecule has 2 N–H and O–H groups in total. The van der Waals surface area contributed by atoms with Crippen LogP contribution < -0.4 is 0 Å². The maximum atomic E-state index is 7.04. The largest absolute Gasteiger partial charge is 0.307 e. The van der Waals surface area contributed by atoms with E-state index in [1.54, 1.807) is 0 Å². The van der Waals surface area contributed by atoms with Gasteiger partial charge in [-0.3, -0.25) is 0 Å². The zero-order valence-electron chi connectivity index (χ0n) is 1.60. The molecule has 0 heterocycles. The van der Waals surface area contributed by atoms with Gasteiger partial charge in [-0.15, -0.1) is 0 Å². The second-order valence-electron chi connectivity index (χ2n) is 0.0816. The summed E-state index contributed by atoms with van der Waals surface area (Å²) in [5.74, 6) is 0. The minimum absolute atomic E-state index is 0. The summed E-state index contributed by atoms with van der Waals surface area (Å²) < 4.78 is 14.1. The van der Waals surface area contributed by atoms with Crippen LogP contribution in [0.15, 0.2) is 0 Å².